The van der Waals surface area contributed by atoms with Crippen LogP contribution in [-0.4, -0.2) is 28.4 Å². The van der Waals surface area contributed by atoms with E-state index in [0.717, 1.165) is 12.8 Å². The molecule has 0 radical (unpaired) electrons. The first-order chi connectivity index (χ1) is 11.4. The maximum atomic E-state index is 12.4. The fourth-order valence-electron chi connectivity index (χ4n) is 2.88. The summed E-state index contributed by atoms with van der Waals surface area (Å²) in [5, 5.41) is 0. The summed E-state index contributed by atoms with van der Waals surface area (Å²) in [5.74, 6) is -0.434. The quantitative estimate of drug-likeness (QED) is 0.342. The van der Waals surface area contributed by atoms with E-state index in [2.05, 4.69) is 6.92 Å². The lowest BCUT2D eigenvalue weighted by Crippen LogP contribution is -2.37. The molecule has 24 heavy (non-hydrogen) atoms. The molecule has 1 atom stereocenters. The zero-order valence-electron chi connectivity index (χ0n) is 15.5. The fraction of sp³-hybridized carbons (Fsp3) is 0.650. The molecule has 4 nitrogen and oxygen atoms in total. The van der Waals surface area contributed by atoms with Crippen molar-refractivity contribution in [3.8, 4) is 0 Å². The number of allylic oxidation sites excluding steroid dienone is 1. The minimum absolute atomic E-state index is 0.141. The molecular weight excluding hydrogens is 302 g/mol. The Bertz CT molecular complexity index is 517. The molecule has 0 saturated heterocycles. The topological polar surface area (TPSA) is 54.5 Å². The van der Waals surface area contributed by atoms with Crippen molar-refractivity contribution in [3.63, 3.8) is 0 Å². The number of carbonyl (C=O) groups excluding carboxylic acids is 3. The van der Waals surface area contributed by atoms with Gasteiger partial charge in [0, 0.05) is 6.20 Å². The Morgan fingerprint density at radius 1 is 1.21 bits per heavy atom. The summed E-state index contributed by atoms with van der Waals surface area (Å²) in [6.07, 6.45) is 12.3. The van der Waals surface area contributed by atoms with E-state index >= 15 is 0 Å². The van der Waals surface area contributed by atoms with Crippen molar-refractivity contribution in [1.29, 1.82) is 0 Å². The monoisotopic (exact) mass is 333 g/mol. The van der Waals surface area contributed by atoms with E-state index in [4.69, 9.17) is 0 Å². The van der Waals surface area contributed by atoms with Gasteiger partial charge >= 0.3 is 0 Å². The van der Waals surface area contributed by atoms with Crippen LogP contribution in [-0.2, 0) is 14.4 Å². The van der Waals surface area contributed by atoms with Gasteiger partial charge in [-0.25, -0.2) is 0 Å². The molecule has 1 heterocycles. The van der Waals surface area contributed by atoms with E-state index in [0.29, 0.717) is 6.42 Å². The third-order valence-electron chi connectivity index (χ3n) is 4.24. The van der Waals surface area contributed by atoms with Crippen LogP contribution in [0, 0.1) is 5.92 Å². The van der Waals surface area contributed by atoms with Crippen LogP contribution in [0.15, 0.2) is 23.9 Å². The van der Waals surface area contributed by atoms with Crippen molar-refractivity contribution in [3.05, 3.63) is 23.9 Å². The first-order valence-corrected chi connectivity index (χ1v) is 9.14. The van der Waals surface area contributed by atoms with Crippen molar-refractivity contribution in [2.75, 3.05) is 0 Å². The van der Waals surface area contributed by atoms with Crippen LogP contribution in [0.5, 0.6) is 0 Å². The van der Waals surface area contributed by atoms with Gasteiger partial charge in [-0.3, -0.25) is 14.4 Å². The lowest BCUT2D eigenvalue weighted by atomic mass is 9.97. The van der Waals surface area contributed by atoms with E-state index in [1.807, 2.05) is 19.9 Å². The molecule has 134 valence electrons. The number of rotatable bonds is 10. The van der Waals surface area contributed by atoms with Crippen molar-refractivity contribution in [2.24, 2.45) is 5.92 Å². The molecule has 0 aliphatic carbocycles. The average Bonchev–Trinajstić information content (AvgIpc) is 2.83. The second-order valence-corrected chi connectivity index (χ2v) is 6.96. The van der Waals surface area contributed by atoms with Gasteiger partial charge in [0.05, 0.1) is 5.57 Å². The van der Waals surface area contributed by atoms with Crippen molar-refractivity contribution in [2.45, 2.75) is 78.7 Å². The van der Waals surface area contributed by atoms with E-state index in [1.165, 1.54) is 43.7 Å². The lowest BCUT2D eigenvalue weighted by molar-refractivity contribution is -0.130. The molecule has 0 bridgehead atoms. The van der Waals surface area contributed by atoms with E-state index in [1.54, 1.807) is 6.08 Å². The van der Waals surface area contributed by atoms with Gasteiger partial charge in [-0.15, -0.1) is 0 Å². The molecule has 1 rings (SSSR count). The standard InChI is InChI=1S/C20H31NO3/c1-5-6-7-8-9-10-11-12-19(23)21-14-17(16(4)22)20(24)18(21)13-15(2)3/h11-12,14-15,18H,5-10,13H2,1-4H3/b12-11+/t18-/m1/s1. The Kier molecular flexibility index (Phi) is 8.66. The van der Waals surface area contributed by atoms with E-state index < -0.39 is 6.04 Å². The first kappa shape index (κ1) is 20.3. The molecular formula is C20H31NO3. The van der Waals surface area contributed by atoms with Gasteiger partial charge in [-0.2, -0.15) is 0 Å². The highest BCUT2D eigenvalue weighted by atomic mass is 16.2. The van der Waals surface area contributed by atoms with Gasteiger partial charge in [0.2, 0.25) is 0 Å². The summed E-state index contributed by atoms with van der Waals surface area (Å²) in [7, 11) is 0. The molecule has 0 aromatic heterocycles. The number of carbonyl (C=O) groups is 3. The molecule has 0 unspecified atom stereocenters. The summed E-state index contributed by atoms with van der Waals surface area (Å²) in [5.41, 5.74) is 0.141. The molecule has 1 aliphatic rings. The predicted octanol–water partition coefficient (Wildman–Crippen LogP) is 4.20. The van der Waals surface area contributed by atoms with Gasteiger partial charge in [-0.1, -0.05) is 52.5 Å². The SMILES string of the molecule is CCCCCCC/C=C/C(=O)N1C=C(C(C)=O)C(=O)[C@H]1CC(C)C. The molecule has 1 aliphatic heterocycles. The van der Waals surface area contributed by atoms with Crippen LogP contribution in [0.25, 0.3) is 0 Å². The summed E-state index contributed by atoms with van der Waals surface area (Å²) in [6, 6.07) is -0.536. The van der Waals surface area contributed by atoms with Gasteiger partial charge in [0.1, 0.15) is 6.04 Å². The molecule has 0 saturated carbocycles. The molecule has 0 aromatic carbocycles. The normalized spacial score (nSPS) is 17.9. The average molecular weight is 333 g/mol. The highest BCUT2D eigenvalue weighted by Gasteiger charge is 2.37. The maximum absolute atomic E-state index is 12.4. The number of amides is 1. The number of nitrogens with zero attached hydrogens (tertiary/aromatic N) is 1. The summed E-state index contributed by atoms with van der Waals surface area (Å²) >= 11 is 0. The summed E-state index contributed by atoms with van der Waals surface area (Å²) < 4.78 is 0. The fourth-order valence-corrected chi connectivity index (χ4v) is 2.88. The highest BCUT2D eigenvalue weighted by molar-refractivity contribution is 6.23. The Balaban J connectivity index is 2.64. The van der Waals surface area contributed by atoms with Crippen molar-refractivity contribution in [1.82, 2.24) is 4.90 Å². The van der Waals surface area contributed by atoms with E-state index in [-0.39, 0.29) is 29.0 Å². The number of hydrogen-bond donors (Lipinski definition) is 0. The van der Waals surface area contributed by atoms with Crippen LogP contribution in [0.4, 0.5) is 0 Å². The minimum Gasteiger partial charge on any atom is -0.304 e. The van der Waals surface area contributed by atoms with Crippen molar-refractivity contribution >= 4 is 17.5 Å². The first-order valence-electron chi connectivity index (χ1n) is 9.14. The van der Waals surface area contributed by atoms with Crippen LogP contribution < -0.4 is 0 Å². The molecule has 0 spiro atoms. The number of Topliss-reactive ketones (excluding diaryl/α,β-unsaturated/α-hetero) is 2. The number of ketones is 2. The van der Waals surface area contributed by atoms with Gasteiger partial charge in [0.25, 0.3) is 5.91 Å². The Labute approximate surface area is 146 Å². The molecule has 0 aromatic rings. The lowest BCUT2D eigenvalue weighted by Gasteiger charge is -2.22. The van der Waals surface area contributed by atoms with Crippen LogP contribution in [0.2, 0.25) is 0 Å². The Hall–Kier alpha value is -1.71. The van der Waals surface area contributed by atoms with Gasteiger partial charge in [0.15, 0.2) is 11.6 Å². The van der Waals surface area contributed by atoms with Gasteiger partial charge < -0.3 is 4.90 Å². The zero-order valence-corrected chi connectivity index (χ0v) is 15.5. The van der Waals surface area contributed by atoms with Crippen LogP contribution >= 0.6 is 0 Å². The van der Waals surface area contributed by atoms with Gasteiger partial charge in [-0.05, 0) is 38.2 Å². The zero-order chi connectivity index (χ0) is 18.1. The minimum atomic E-state index is -0.536. The third-order valence-corrected chi connectivity index (χ3v) is 4.24. The number of hydrogen-bond acceptors (Lipinski definition) is 3. The highest BCUT2D eigenvalue weighted by Crippen LogP contribution is 2.24. The Morgan fingerprint density at radius 2 is 1.88 bits per heavy atom. The summed E-state index contributed by atoms with van der Waals surface area (Å²) in [4.78, 5) is 37.8. The molecule has 1 amide bonds. The van der Waals surface area contributed by atoms with Crippen molar-refractivity contribution < 1.29 is 14.4 Å². The van der Waals surface area contributed by atoms with E-state index in [9.17, 15) is 14.4 Å². The Morgan fingerprint density at radius 3 is 2.46 bits per heavy atom. The van der Waals surface area contributed by atoms with Crippen LogP contribution in [0.3, 0.4) is 0 Å². The predicted molar refractivity (Wildman–Crippen MR) is 96.4 cm³/mol. The second kappa shape index (κ2) is 10.2. The smallest absolute Gasteiger partial charge is 0.250 e. The largest absolute Gasteiger partial charge is 0.304 e. The molecule has 0 N–H and O–H groups in total. The van der Waals surface area contributed by atoms with Crippen LogP contribution in [0.1, 0.15) is 72.6 Å². The second-order valence-electron chi connectivity index (χ2n) is 6.96. The molecule has 0 fully saturated rings. The summed E-state index contributed by atoms with van der Waals surface area (Å²) in [6.45, 7) is 7.57. The number of unbranched alkanes of at least 4 members (excludes halogenated alkanes) is 5. The molecule has 4 heteroatoms. The third kappa shape index (κ3) is 6.06. The maximum Gasteiger partial charge on any atom is 0.250 e.